The van der Waals surface area contributed by atoms with Crippen LogP contribution < -0.4 is 10.6 Å². The molecule has 17 heavy (non-hydrogen) atoms. The Morgan fingerprint density at radius 1 is 1.59 bits per heavy atom. The minimum atomic E-state index is -0.162. The lowest BCUT2D eigenvalue weighted by Crippen LogP contribution is -2.53. The summed E-state index contributed by atoms with van der Waals surface area (Å²) in [6.07, 6.45) is 0. The van der Waals surface area contributed by atoms with Crippen molar-refractivity contribution in [1.29, 1.82) is 5.26 Å². The molecule has 1 saturated heterocycles. The van der Waals surface area contributed by atoms with E-state index in [1.165, 1.54) is 0 Å². The van der Waals surface area contributed by atoms with Crippen molar-refractivity contribution in [3.63, 3.8) is 0 Å². The first kappa shape index (κ1) is 11.6. The van der Waals surface area contributed by atoms with Gasteiger partial charge in [-0.2, -0.15) is 5.26 Å². The molecule has 1 aliphatic rings. The maximum absolute atomic E-state index is 11.8. The highest BCUT2D eigenvalue weighted by molar-refractivity contribution is 5.95. The van der Waals surface area contributed by atoms with Crippen molar-refractivity contribution >= 4 is 11.6 Å². The van der Waals surface area contributed by atoms with Crippen LogP contribution in [0.2, 0.25) is 0 Å². The lowest BCUT2D eigenvalue weighted by molar-refractivity contribution is -0.127. The molecule has 5 nitrogen and oxygen atoms in total. The Hall–Kier alpha value is -1.90. The van der Waals surface area contributed by atoms with Crippen LogP contribution in [0.25, 0.3) is 0 Å². The second-order valence-corrected chi connectivity index (χ2v) is 3.83. The highest BCUT2D eigenvalue weighted by atomic mass is 16.5. The molecule has 1 amide bonds. The van der Waals surface area contributed by atoms with Crippen molar-refractivity contribution in [2.75, 3.05) is 24.7 Å². The maximum atomic E-state index is 11.8. The van der Waals surface area contributed by atoms with Gasteiger partial charge < -0.3 is 15.4 Å². The Morgan fingerprint density at radius 2 is 2.41 bits per heavy atom. The monoisotopic (exact) mass is 231 g/mol. The lowest BCUT2D eigenvalue weighted by Gasteiger charge is -2.34. The van der Waals surface area contributed by atoms with Gasteiger partial charge in [0.15, 0.2) is 0 Å². The number of rotatable bonds is 2. The minimum absolute atomic E-state index is 0.0628. The number of morpholine rings is 1. The van der Waals surface area contributed by atoms with Gasteiger partial charge in [-0.05, 0) is 18.2 Å². The van der Waals surface area contributed by atoms with E-state index in [1.54, 1.807) is 29.2 Å². The van der Waals surface area contributed by atoms with Gasteiger partial charge >= 0.3 is 0 Å². The fourth-order valence-corrected chi connectivity index (χ4v) is 1.88. The van der Waals surface area contributed by atoms with Gasteiger partial charge in [-0.3, -0.25) is 4.79 Å². The molecule has 0 aromatic heterocycles. The van der Waals surface area contributed by atoms with E-state index in [0.717, 1.165) is 0 Å². The summed E-state index contributed by atoms with van der Waals surface area (Å²) < 4.78 is 5.16. The van der Waals surface area contributed by atoms with E-state index < -0.39 is 0 Å². The quantitative estimate of drug-likeness (QED) is 0.791. The normalized spacial score (nSPS) is 20.1. The SMILES string of the molecule is N#Cc1cccc(N2C(=O)COCC2CN)c1. The molecule has 2 rings (SSSR count). The van der Waals surface area contributed by atoms with Crippen LogP contribution in [0.4, 0.5) is 5.69 Å². The number of amides is 1. The topological polar surface area (TPSA) is 79.3 Å². The van der Waals surface area contributed by atoms with Crippen LogP contribution in [0.1, 0.15) is 5.56 Å². The van der Waals surface area contributed by atoms with E-state index in [4.69, 9.17) is 15.7 Å². The van der Waals surface area contributed by atoms with Crippen molar-refractivity contribution in [3.05, 3.63) is 29.8 Å². The molecule has 0 radical (unpaired) electrons. The Labute approximate surface area is 99.4 Å². The van der Waals surface area contributed by atoms with Crippen LogP contribution >= 0.6 is 0 Å². The summed E-state index contributed by atoms with van der Waals surface area (Å²) in [4.78, 5) is 13.4. The van der Waals surface area contributed by atoms with Crippen LogP contribution in [-0.2, 0) is 9.53 Å². The third-order valence-corrected chi connectivity index (χ3v) is 2.70. The first-order valence-corrected chi connectivity index (χ1v) is 5.36. The van der Waals surface area contributed by atoms with Gasteiger partial charge in [-0.15, -0.1) is 0 Å². The predicted octanol–water partition coefficient (Wildman–Crippen LogP) is 0.249. The molecule has 1 aliphatic heterocycles. The average molecular weight is 231 g/mol. The van der Waals surface area contributed by atoms with Crippen LogP contribution in [-0.4, -0.2) is 31.7 Å². The number of benzene rings is 1. The van der Waals surface area contributed by atoms with Crippen LogP contribution in [0.15, 0.2) is 24.3 Å². The Balaban J connectivity index is 2.35. The van der Waals surface area contributed by atoms with Crippen molar-refractivity contribution in [1.82, 2.24) is 0 Å². The maximum Gasteiger partial charge on any atom is 0.253 e. The van der Waals surface area contributed by atoms with E-state index >= 15 is 0 Å². The van der Waals surface area contributed by atoms with Crippen LogP contribution in [0.3, 0.4) is 0 Å². The second-order valence-electron chi connectivity index (χ2n) is 3.83. The number of hydrogen-bond acceptors (Lipinski definition) is 4. The summed E-state index contributed by atoms with van der Waals surface area (Å²) in [5.41, 5.74) is 6.85. The fraction of sp³-hybridized carbons (Fsp3) is 0.333. The molecule has 5 heteroatoms. The molecule has 1 atom stereocenters. The number of carbonyl (C=O) groups excluding carboxylic acids is 1. The number of anilines is 1. The predicted molar refractivity (Wildman–Crippen MR) is 62.3 cm³/mol. The van der Waals surface area contributed by atoms with Crippen LogP contribution in [0.5, 0.6) is 0 Å². The third-order valence-electron chi connectivity index (χ3n) is 2.70. The number of nitriles is 1. The zero-order chi connectivity index (χ0) is 12.3. The summed E-state index contributed by atoms with van der Waals surface area (Å²) in [6, 6.07) is 8.83. The summed E-state index contributed by atoms with van der Waals surface area (Å²) in [6.45, 7) is 0.828. The van der Waals surface area contributed by atoms with Crippen LogP contribution in [0, 0.1) is 11.3 Å². The molecular weight excluding hydrogens is 218 g/mol. The van der Waals surface area contributed by atoms with E-state index in [1.807, 2.05) is 0 Å². The molecule has 88 valence electrons. The second kappa shape index (κ2) is 4.95. The highest BCUT2D eigenvalue weighted by Crippen LogP contribution is 2.21. The first-order chi connectivity index (χ1) is 8.26. The number of ether oxygens (including phenoxy) is 1. The zero-order valence-electron chi connectivity index (χ0n) is 9.30. The smallest absolute Gasteiger partial charge is 0.253 e. The number of hydrogen-bond donors (Lipinski definition) is 1. The molecule has 0 bridgehead atoms. The van der Waals surface area contributed by atoms with Gasteiger partial charge in [-0.1, -0.05) is 6.07 Å². The molecule has 0 saturated carbocycles. The largest absolute Gasteiger partial charge is 0.369 e. The van der Waals surface area contributed by atoms with Gasteiger partial charge in [0.25, 0.3) is 5.91 Å². The van der Waals surface area contributed by atoms with Gasteiger partial charge in [0, 0.05) is 12.2 Å². The van der Waals surface area contributed by atoms with Crippen molar-refractivity contribution in [2.45, 2.75) is 6.04 Å². The summed E-state index contributed by atoms with van der Waals surface area (Å²) in [5.74, 6) is -0.123. The molecule has 0 aliphatic carbocycles. The van der Waals surface area contributed by atoms with E-state index in [0.29, 0.717) is 24.4 Å². The Bertz CT molecular complexity index is 467. The zero-order valence-corrected chi connectivity index (χ0v) is 9.30. The molecule has 1 fully saturated rings. The molecule has 1 aromatic rings. The summed E-state index contributed by atoms with van der Waals surface area (Å²) in [7, 11) is 0. The van der Waals surface area contributed by atoms with Gasteiger partial charge in [-0.25, -0.2) is 0 Å². The number of carbonyl (C=O) groups is 1. The molecule has 0 spiro atoms. The minimum Gasteiger partial charge on any atom is -0.369 e. The Kier molecular flexibility index (Phi) is 3.38. The van der Waals surface area contributed by atoms with Gasteiger partial charge in [0.05, 0.1) is 24.3 Å². The summed E-state index contributed by atoms with van der Waals surface area (Å²) >= 11 is 0. The molecule has 2 N–H and O–H groups in total. The van der Waals surface area contributed by atoms with Crippen molar-refractivity contribution in [3.8, 4) is 6.07 Å². The van der Waals surface area contributed by atoms with E-state index in [-0.39, 0.29) is 18.6 Å². The highest BCUT2D eigenvalue weighted by Gasteiger charge is 2.29. The fourth-order valence-electron chi connectivity index (χ4n) is 1.88. The molecule has 1 aromatic carbocycles. The Morgan fingerprint density at radius 3 is 3.12 bits per heavy atom. The first-order valence-electron chi connectivity index (χ1n) is 5.36. The van der Waals surface area contributed by atoms with Crippen molar-refractivity contribution < 1.29 is 9.53 Å². The number of nitrogens with two attached hydrogens (primary N) is 1. The number of nitrogens with zero attached hydrogens (tertiary/aromatic N) is 2. The van der Waals surface area contributed by atoms with E-state index in [9.17, 15) is 4.79 Å². The van der Waals surface area contributed by atoms with Gasteiger partial charge in [0.1, 0.15) is 6.61 Å². The average Bonchev–Trinajstić information content (AvgIpc) is 2.38. The summed E-state index contributed by atoms with van der Waals surface area (Å²) in [5, 5.41) is 8.85. The standard InChI is InChI=1S/C12H13N3O2/c13-5-9-2-1-3-10(4-9)15-11(6-14)7-17-8-12(15)16/h1-4,11H,6-8,14H2. The van der Waals surface area contributed by atoms with E-state index in [2.05, 4.69) is 6.07 Å². The lowest BCUT2D eigenvalue weighted by atomic mass is 10.1. The third kappa shape index (κ3) is 2.28. The molecule has 1 heterocycles. The molecular formula is C12H13N3O2. The van der Waals surface area contributed by atoms with Crippen molar-refractivity contribution in [2.24, 2.45) is 5.73 Å². The van der Waals surface area contributed by atoms with Gasteiger partial charge in [0.2, 0.25) is 0 Å². The molecule has 1 unspecified atom stereocenters.